The highest BCUT2D eigenvalue weighted by Crippen LogP contribution is 2.75. The van der Waals surface area contributed by atoms with Gasteiger partial charge in [0, 0.05) is 68.2 Å². The summed E-state index contributed by atoms with van der Waals surface area (Å²) in [6.07, 6.45) is 5.78. The molecule has 0 aromatic heterocycles. The van der Waals surface area contributed by atoms with Crippen molar-refractivity contribution in [3.63, 3.8) is 0 Å². The number of anilines is 12. The third kappa shape index (κ3) is 12.5. The lowest BCUT2D eigenvalue weighted by Gasteiger charge is -2.71. The molecule has 12 nitrogen and oxygen atoms in total. The second kappa shape index (κ2) is 27.7. The van der Waals surface area contributed by atoms with Crippen LogP contribution >= 0.6 is 0 Å². The molecule has 4 bridgehead atoms. The minimum atomic E-state index is -0.303. The van der Waals surface area contributed by atoms with E-state index in [1.807, 2.05) is 97.1 Å². The maximum atomic E-state index is 5.68. The molecule has 0 heterocycles. The van der Waals surface area contributed by atoms with E-state index in [1.54, 1.807) is 56.9 Å². The Kier molecular flexibility index (Phi) is 18.0. The van der Waals surface area contributed by atoms with Crippen LogP contribution in [0.3, 0.4) is 0 Å². The Morgan fingerprint density at radius 2 is 0.255 bits per heavy atom. The Morgan fingerprint density at radius 3 is 0.353 bits per heavy atom. The molecule has 4 aliphatic rings. The molecule has 0 unspecified atom stereocenters. The molecule has 4 fully saturated rings. The quantitative estimate of drug-likeness (QED) is 0.0577. The summed E-state index contributed by atoms with van der Waals surface area (Å²) in [5.41, 5.74) is 16.5. The van der Waals surface area contributed by atoms with Crippen molar-refractivity contribution in [2.75, 3.05) is 76.5 Å². The van der Waals surface area contributed by atoms with Crippen molar-refractivity contribution in [2.45, 2.75) is 60.2 Å². The second-order valence-corrected chi connectivity index (χ2v) is 27.3. The molecule has 12 heteroatoms. The molecule has 4 aliphatic carbocycles. The molecule has 0 atom stereocenters. The van der Waals surface area contributed by atoms with Gasteiger partial charge in [0.2, 0.25) is 0 Å². The van der Waals surface area contributed by atoms with Crippen molar-refractivity contribution in [3.05, 3.63) is 313 Å². The fourth-order valence-electron chi connectivity index (χ4n) is 17.4. The van der Waals surface area contributed by atoms with Crippen LogP contribution in [0.1, 0.15) is 60.8 Å². The number of hydrogen-bond acceptors (Lipinski definition) is 12. The zero-order valence-electron chi connectivity index (χ0n) is 59.0. The van der Waals surface area contributed by atoms with Crippen LogP contribution in [0.2, 0.25) is 0 Å². The highest BCUT2D eigenvalue weighted by Gasteiger charge is 2.69. The Bertz CT molecular complexity index is 3960. The Morgan fingerprint density at radius 1 is 0.157 bits per heavy atom. The minimum absolute atomic E-state index is 0.303. The van der Waals surface area contributed by atoms with Crippen LogP contribution in [0.5, 0.6) is 46.0 Å². The average Bonchev–Trinajstić information content (AvgIpc) is 0.665. The second-order valence-electron chi connectivity index (χ2n) is 27.3. The predicted octanol–water partition coefficient (Wildman–Crippen LogP) is 22.1. The van der Waals surface area contributed by atoms with Crippen LogP contribution in [0, 0.1) is 0 Å². The van der Waals surface area contributed by atoms with Crippen molar-refractivity contribution in [1.82, 2.24) is 0 Å². The highest BCUT2D eigenvalue weighted by molar-refractivity contribution is 5.82. The van der Waals surface area contributed by atoms with Gasteiger partial charge >= 0.3 is 0 Å². The highest BCUT2D eigenvalue weighted by atomic mass is 16.5. The van der Waals surface area contributed by atoms with Gasteiger partial charge in [0.1, 0.15) is 46.0 Å². The Hall–Kier alpha value is -11.8. The maximum absolute atomic E-state index is 5.68. The lowest BCUT2D eigenvalue weighted by Crippen LogP contribution is -2.67. The molecule has 0 N–H and O–H groups in total. The summed E-state index contributed by atoms with van der Waals surface area (Å²) in [6, 6.07) is 105. The summed E-state index contributed by atoms with van der Waals surface area (Å²) in [5.74, 6) is 6.38. The number of nitrogens with zero attached hydrogens (tertiary/aromatic N) is 4. The first kappa shape index (κ1) is 66.1. The monoisotopic (exact) mass is 1350 g/mol. The van der Waals surface area contributed by atoms with Gasteiger partial charge in [0.15, 0.2) is 0 Å². The molecule has 12 aromatic rings. The van der Waals surface area contributed by atoms with Crippen molar-refractivity contribution in [2.24, 2.45) is 0 Å². The normalized spacial score (nSPS) is 18.5. The van der Waals surface area contributed by atoms with Crippen molar-refractivity contribution in [3.8, 4) is 46.0 Å². The van der Waals surface area contributed by atoms with E-state index in [4.69, 9.17) is 37.9 Å². The molecule has 4 saturated carbocycles. The van der Waals surface area contributed by atoms with Gasteiger partial charge in [-0.2, -0.15) is 0 Å². The summed E-state index contributed by atoms with van der Waals surface area (Å²) in [6.45, 7) is 0. The largest absolute Gasteiger partial charge is 0.497 e. The first-order chi connectivity index (χ1) is 49.9. The first-order valence-electron chi connectivity index (χ1n) is 34.7. The van der Waals surface area contributed by atoms with Gasteiger partial charge in [0.25, 0.3) is 0 Å². The molecule has 0 saturated heterocycles. The van der Waals surface area contributed by atoms with Crippen LogP contribution < -0.4 is 57.5 Å². The smallest absolute Gasteiger partial charge is 0.119 e. The summed E-state index contributed by atoms with van der Waals surface area (Å²) in [7, 11) is 13.7. The topological polar surface area (TPSA) is 86.8 Å². The molecule has 102 heavy (non-hydrogen) atoms. The predicted molar refractivity (Wildman–Crippen MR) is 411 cm³/mol. The van der Waals surface area contributed by atoms with Crippen LogP contribution in [-0.2, 0) is 21.7 Å². The molecule has 512 valence electrons. The SMILES string of the molecule is COc1ccc(N(c2ccc(OC)cc2)c2ccc(C34CC5(c6ccc(N(c7ccc(OC)cc7)c7ccc(OC)cc7)cc6)CC(c6ccc(N(c7ccc(OC)cc7)c7ccc(OC)cc7)cc6)(C3)CC(c3ccc(N(c6ccc(OC)cc6)c6ccc(OC)cc6)cc3)(C4)C5)cc2)cc1. The van der Waals surface area contributed by atoms with E-state index in [-0.39, 0.29) is 21.7 Å². The molecule has 12 aromatic carbocycles. The van der Waals surface area contributed by atoms with Crippen LogP contribution in [0.15, 0.2) is 291 Å². The van der Waals surface area contributed by atoms with Crippen LogP contribution in [0.4, 0.5) is 68.2 Å². The third-order valence-electron chi connectivity index (χ3n) is 21.7. The zero-order valence-corrected chi connectivity index (χ0v) is 59.0. The Labute approximate surface area is 599 Å². The van der Waals surface area contributed by atoms with Gasteiger partial charge in [-0.3, -0.25) is 0 Å². The van der Waals surface area contributed by atoms with Crippen molar-refractivity contribution < 1.29 is 37.9 Å². The summed E-state index contributed by atoms with van der Waals surface area (Å²) >= 11 is 0. The van der Waals surface area contributed by atoms with Gasteiger partial charge in [-0.1, -0.05) is 48.5 Å². The number of rotatable bonds is 24. The van der Waals surface area contributed by atoms with Gasteiger partial charge in [0.05, 0.1) is 56.9 Å². The van der Waals surface area contributed by atoms with Gasteiger partial charge in [-0.25, -0.2) is 0 Å². The third-order valence-corrected chi connectivity index (χ3v) is 21.7. The van der Waals surface area contributed by atoms with E-state index in [0.717, 1.165) is 153 Å². The maximum Gasteiger partial charge on any atom is 0.119 e. The van der Waals surface area contributed by atoms with E-state index in [1.165, 1.54) is 22.3 Å². The average molecular weight is 1350 g/mol. The minimum Gasteiger partial charge on any atom is -0.497 e. The fourth-order valence-corrected chi connectivity index (χ4v) is 17.4. The van der Waals surface area contributed by atoms with E-state index < -0.39 is 0 Å². The van der Waals surface area contributed by atoms with Crippen LogP contribution in [0.25, 0.3) is 0 Å². The molecule has 16 rings (SSSR count). The van der Waals surface area contributed by atoms with Crippen LogP contribution in [-0.4, -0.2) is 56.9 Å². The summed E-state index contributed by atoms with van der Waals surface area (Å²) in [5, 5.41) is 0. The standard InChI is InChI=1S/C90H84N4O8/c1-95-79-41-25-71(26-42-79)91(72-27-43-80(96-2)44-28-72)67-17-9-63(10-18-67)87-57-88(64-11-19-68(20-12-64)92(73-29-45-81(97-3)46-30-73)74-31-47-82(98-4)48-32-74)60-89(58-87,65-13-21-69(22-14-65)93(75-33-49-83(99-5)50-34-75)76-35-51-84(100-6)52-36-76)62-90(59-87,61-88)66-15-23-70(24-16-66)94(77-37-53-85(101-7)54-38-77)78-39-55-86(102-8)56-40-78/h9-56H,57-62H2,1-8H3. The number of ether oxygens (including phenoxy) is 8. The molecular formula is C90H84N4O8. The van der Waals surface area contributed by atoms with Crippen molar-refractivity contribution in [1.29, 1.82) is 0 Å². The Balaban J connectivity index is 0.917. The number of hydrogen-bond donors (Lipinski definition) is 0. The van der Waals surface area contributed by atoms with E-state index in [9.17, 15) is 0 Å². The molecule has 0 amide bonds. The van der Waals surface area contributed by atoms with Gasteiger partial charge in [-0.05, 0) is 325 Å². The lowest BCUT2D eigenvalue weighted by molar-refractivity contribution is -0.0691. The van der Waals surface area contributed by atoms with Gasteiger partial charge in [-0.15, -0.1) is 0 Å². The molecule has 0 spiro atoms. The van der Waals surface area contributed by atoms with E-state index >= 15 is 0 Å². The summed E-state index contributed by atoms with van der Waals surface area (Å²) < 4.78 is 45.4. The van der Waals surface area contributed by atoms with Gasteiger partial charge < -0.3 is 57.5 Å². The molecular weight excluding hydrogens is 1270 g/mol. The van der Waals surface area contributed by atoms with E-state index in [2.05, 4.69) is 214 Å². The van der Waals surface area contributed by atoms with Crippen molar-refractivity contribution >= 4 is 68.2 Å². The fraction of sp³-hybridized carbons (Fsp3) is 0.200. The summed E-state index contributed by atoms with van der Waals surface area (Å²) in [4.78, 5) is 9.28. The lowest BCUT2D eigenvalue weighted by atomic mass is 9.32. The zero-order chi connectivity index (χ0) is 70.0. The molecule has 0 radical (unpaired) electrons. The molecule has 0 aliphatic heterocycles. The number of methoxy groups -OCH3 is 8. The first-order valence-corrected chi connectivity index (χ1v) is 34.7. The number of benzene rings is 12. The van der Waals surface area contributed by atoms with E-state index in [0.29, 0.717) is 0 Å².